The zero-order valence-electron chi connectivity index (χ0n) is 23.1. The highest BCUT2D eigenvalue weighted by molar-refractivity contribution is 6.65. The van der Waals surface area contributed by atoms with Crippen LogP contribution in [0.1, 0.15) is 103 Å². The number of aryl methyl sites for hydroxylation is 1. The van der Waals surface area contributed by atoms with Gasteiger partial charge in [-0.1, -0.05) is 44.6 Å². The minimum absolute atomic E-state index is 0.155. The molecule has 1 aromatic carbocycles. The third-order valence-corrected chi connectivity index (χ3v) is 10.8. The number of carbonyl (C=O) groups is 3. The number of ether oxygens (including phenoxy) is 2. The van der Waals surface area contributed by atoms with Crippen molar-refractivity contribution < 1.29 is 37.1 Å². The van der Waals surface area contributed by atoms with Crippen LogP contribution in [-0.2, 0) is 45.4 Å². The van der Waals surface area contributed by atoms with E-state index in [1.165, 1.54) is 85.0 Å². The molecule has 210 valence electrons. The number of carbonyl (C=O) groups excluding carboxylic acids is 3. The normalized spacial score (nSPS) is 20.1. The molecule has 0 spiro atoms. The van der Waals surface area contributed by atoms with Crippen LogP contribution < -0.4 is 4.74 Å². The summed E-state index contributed by atoms with van der Waals surface area (Å²) in [5, 5.41) is 0. The van der Waals surface area contributed by atoms with Gasteiger partial charge in [-0.25, -0.2) is 0 Å². The third kappa shape index (κ3) is 6.97. The van der Waals surface area contributed by atoms with Gasteiger partial charge in [-0.2, -0.15) is 0 Å². The highest BCUT2D eigenvalue weighted by Crippen LogP contribution is 2.49. The van der Waals surface area contributed by atoms with Crippen molar-refractivity contribution in [2.24, 2.45) is 11.8 Å². The van der Waals surface area contributed by atoms with Crippen molar-refractivity contribution in [2.45, 2.75) is 116 Å². The lowest BCUT2D eigenvalue weighted by Crippen LogP contribution is -2.55. The molecule has 9 heteroatoms. The zero-order valence-corrected chi connectivity index (χ0v) is 24.1. The van der Waals surface area contributed by atoms with E-state index in [4.69, 9.17) is 22.8 Å². The van der Waals surface area contributed by atoms with Crippen molar-refractivity contribution in [1.82, 2.24) is 0 Å². The number of hydrogen-bond donors (Lipinski definition) is 0. The summed E-state index contributed by atoms with van der Waals surface area (Å²) in [7, 11) is -3.82. The van der Waals surface area contributed by atoms with E-state index in [9.17, 15) is 14.4 Å². The number of fused-ring (bicyclic) bond motifs is 1. The second-order valence-corrected chi connectivity index (χ2v) is 13.5. The van der Waals surface area contributed by atoms with E-state index in [1.54, 1.807) is 0 Å². The first-order valence-corrected chi connectivity index (χ1v) is 16.2. The molecule has 8 nitrogen and oxygen atoms in total. The average Bonchev–Trinajstić information content (AvgIpc) is 2.88. The molecule has 2 fully saturated rings. The van der Waals surface area contributed by atoms with E-state index >= 15 is 0 Å². The fourth-order valence-electron chi connectivity index (χ4n) is 6.52. The molecule has 1 heterocycles. The number of benzene rings is 1. The molecule has 4 rings (SSSR count). The van der Waals surface area contributed by atoms with E-state index < -0.39 is 32.5 Å². The van der Waals surface area contributed by atoms with Gasteiger partial charge in [0.1, 0.15) is 5.75 Å². The lowest BCUT2D eigenvalue weighted by Gasteiger charge is -2.50. The van der Waals surface area contributed by atoms with Gasteiger partial charge in [-0.3, -0.25) is 14.4 Å². The summed E-state index contributed by atoms with van der Waals surface area (Å²) in [6.45, 7) is 4.15. The fraction of sp³-hybridized carbons (Fsp3) is 0.690. The van der Waals surface area contributed by atoms with Gasteiger partial charge in [0.2, 0.25) is 5.79 Å². The van der Waals surface area contributed by atoms with Crippen LogP contribution in [0.15, 0.2) is 18.2 Å². The largest absolute Gasteiger partial charge is 0.705 e. The molecule has 2 saturated carbocycles. The molecule has 0 bridgehead atoms. The Kier molecular flexibility index (Phi) is 9.52. The van der Waals surface area contributed by atoms with Gasteiger partial charge in [0, 0.05) is 38.2 Å². The summed E-state index contributed by atoms with van der Waals surface area (Å²) in [5.74, 6) is -0.675. The highest BCUT2D eigenvalue weighted by Gasteiger charge is 2.52. The smallest absolute Gasteiger partial charge is 0.461 e. The quantitative estimate of drug-likeness (QED) is 0.347. The molecule has 0 radical (unpaired) electrons. The standard InChI is InChI=1S/C29H42O8Si/c1-21(30)35-38(36-22(2)31,37-23(3)32)18-10-11-24-16-17-28-25(19-24)20-33-29(34-28,26-12-6-4-7-13-26)27-14-8-5-9-15-27/h16-17,19,26-27H,4-15,18,20H2,1-3H3. The van der Waals surface area contributed by atoms with Gasteiger partial charge in [-0.05, 0) is 56.2 Å². The molecule has 0 N–H and O–H groups in total. The van der Waals surface area contributed by atoms with Crippen LogP contribution in [0.25, 0.3) is 0 Å². The first-order chi connectivity index (χ1) is 18.2. The van der Waals surface area contributed by atoms with Crippen LogP contribution in [0.2, 0.25) is 6.04 Å². The number of hydrogen-bond acceptors (Lipinski definition) is 8. The monoisotopic (exact) mass is 546 g/mol. The van der Waals surface area contributed by atoms with Crippen molar-refractivity contribution in [3.63, 3.8) is 0 Å². The molecule has 3 aliphatic rings. The van der Waals surface area contributed by atoms with Crippen LogP contribution in [0.4, 0.5) is 0 Å². The molecular weight excluding hydrogens is 504 g/mol. The Balaban J connectivity index is 1.46. The Morgan fingerprint density at radius 2 is 1.37 bits per heavy atom. The molecule has 0 amide bonds. The Bertz CT molecular complexity index is 937. The van der Waals surface area contributed by atoms with Crippen molar-refractivity contribution in [3.8, 4) is 5.75 Å². The Morgan fingerprint density at radius 3 is 1.87 bits per heavy atom. The van der Waals surface area contributed by atoms with Crippen LogP contribution in [0.3, 0.4) is 0 Å². The highest BCUT2D eigenvalue weighted by atomic mass is 28.4. The molecule has 1 aromatic rings. The third-order valence-electron chi connectivity index (χ3n) is 8.04. The van der Waals surface area contributed by atoms with Crippen LogP contribution in [0, 0.1) is 11.8 Å². The minimum Gasteiger partial charge on any atom is -0.461 e. The van der Waals surface area contributed by atoms with Crippen LogP contribution in [-0.4, -0.2) is 32.5 Å². The average molecular weight is 547 g/mol. The maximum absolute atomic E-state index is 11.7. The molecule has 2 aliphatic carbocycles. The molecule has 1 aliphatic heterocycles. The summed E-state index contributed by atoms with van der Waals surface area (Å²) in [6, 6.07) is 6.38. The van der Waals surface area contributed by atoms with Gasteiger partial charge in [-0.15, -0.1) is 0 Å². The van der Waals surface area contributed by atoms with Crippen molar-refractivity contribution in [3.05, 3.63) is 29.3 Å². The molecule has 0 atom stereocenters. The summed E-state index contributed by atoms with van der Waals surface area (Å²) in [4.78, 5) is 35.1. The predicted molar refractivity (Wildman–Crippen MR) is 142 cm³/mol. The van der Waals surface area contributed by atoms with E-state index in [-0.39, 0.29) is 6.04 Å². The van der Waals surface area contributed by atoms with Gasteiger partial charge < -0.3 is 22.8 Å². The van der Waals surface area contributed by atoms with Crippen molar-refractivity contribution in [2.75, 3.05) is 0 Å². The Morgan fingerprint density at radius 1 is 0.842 bits per heavy atom. The maximum atomic E-state index is 11.7. The molecule has 0 aromatic heterocycles. The second kappa shape index (κ2) is 12.6. The summed E-state index contributed by atoms with van der Waals surface area (Å²) in [5.41, 5.74) is 2.10. The van der Waals surface area contributed by atoms with E-state index in [0.717, 1.165) is 16.9 Å². The first kappa shape index (κ1) is 28.6. The van der Waals surface area contributed by atoms with E-state index in [0.29, 0.717) is 31.3 Å². The van der Waals surface area contributed by atoms with Crippen LogP contribution in [0.5, 0.6) is 5.75 Å². The molecular formula is C29H42O8Si. The Hall–Kier alpha value is -2.39. The van der Waals surface area contributed by atoms with Gasteiger partial charge in [0.25, 0.3) is 17.9 Å². The molecule has 38 heavy (non-hydrogen) atoms. The van der Waals surface area contributed by atoms with E-state index in [2.05, 4.69) is 18.2 Å². The number of rotatable bonds is 9. The molecule has 0 saturated heterocycles. The van der Waals surface area contributed by atoms with Crippen molar-refractivity contribution in [1.29, 1.82) is 0 Å². The fourth-order valence-corrected chi connectivity index (χ4v) is 8.87. The summed E-state index contributed by atoms with van der Waals surface area (Å²) in [6.07, 6.45) is 13.4. The van der Waals surface area contributed by atoms with Gasteiger partial charge in [0.15, 0.2) is 0 Å². The van der Waals surface area contributed by atoms with Gasteiger partial charge in [0.05, 0.1) is 12.7 Å². The predicted octanol–water partition coefficient (Wildman–Crippen LogP) is 6.01. The Labute approximate surface area is 227 Å². The maximum Gasteiger partial charge on any atom is 0.705 e. The van der Waals surface area contributed by atoms with Gasteiger partial charge >= 0.3 is 8.80 Å². The second-order valence-electron chi connectivity index (χ2n) is 11.0. The van der Waals surface area contributed by atoms with Crippen LogP contribution >= 0.6 is 0 Å². The molecule has 0 unspecified atom stereocenters. The topological polar surface area (TPSA) is 97.4 Å². The lowest BCUT2D eigenvalue weighted by atomic mass is 9.72. The van der Waals surface area contributed by atoms with Crippen molar-refractivity contribution >= 4 is 26.7 Å². The summed E-state index contributed by atoms with van der Waals surface area (Å²) >= 11 is 0. The minimum atomic E-state index is -3.82. The van der Waals surface area contributed by atoms with E-state index in [1.807, 2.05) is 0 Å². The summed E-state index contributed by atoms with van der Waals surface area (Å²) < 4.78 is 29.5. The zero-order chi connectivity index (χ0) is 27.2. The SMILES string of the molecule is CC(=O)O[Si](CCCc1ccc2c(c1)COC(C1CCCCC1)(C1CCCCC1)O2)(OC(C)=O)OC(C)=O. The first-order valence-electron chi connectivity index (χ1n) is 14.2. The lowest BCUT2D eigenvalue weighted by molar-refractivity contribution is -0.278.